The van der Waals surface area contributed by atoms with E-state index < -0.39 is 0 Å². The van der Waals surface area contributed by atoms with Gasteiger partial charge in [-0.3, -0.25) is 10.1 Å². The largest absolute Gasteiger partial charge is 0.382 e. The molecule has 1 saturated carbocycles. The van der Waals surface area contributed by atoms with Crippen LogP contribution in [0.3, 0.4) is 0 Å². The molecule has 0 spiro atoms. The van der Waals surface area contributed by atoms with Gasteiger partial charge in [-0.2, -0.15) is 0 Å². The van der Waals surface area contributed by atoms with E-state index in [4.69, 9.17) is 0 Å². The first kappa shape index (κ1) is 14.8. The van der Waals surface area contributed by atoms with Crippen LogP contribution in [0, 0.1) is 23.0 Å². The lowest BCUT2D eigenvalue weighted by Gasteiger charge is -2.31. The summed E-state index contributed by atoms with van der Waals surface area (Å²) in [5.74, 6) is 0.739. The Morgan fingerprint density at radius 3 is 2.60 bits per heavy atom. The van der Waals surface area contributed by atoms with Gasteiger partial charge < -0.3 is 5.32 Å². The van der Waals surface area contributed by atoms with Crippen molar-refractivity contribution in [3.05, 3.63) is 33.9 Å². The Bertz CT molecular complexity index is 468. The zero-order valence-electron chi connectivity index (χ0n) is 12.4. The second-order valence-electron chi connectivity index (χ2n) is 5.81. The maximum Gasteiger partial charge on any atom is 0.269 e. The van der Waals surface area contributed by atoms with Crippen LogP contribution >= 0.6 is 0 Å². The van der Waals surface area contributed by atoms with Crippen molar-refractivity contribution in [3.63, 3.8) is 0 Å². The second-order valence-corrected chi connectivity index (χ2v) is 5.81. The number of aryl methyl sites for hydroxylation is 1. The van der Waals surface area contributed by atoms with Crippen molar-refractivity contribution in [2.45, 2.75) is 58.4 Å². The molecule has 1 fully saturated rings. The van der Waals surface area contributed by atoms with Gasteiger partial charge in [0.2, 0.25) is 0 Å². The molecule has 1 N–H and O–H groups in total. The van der Waals surface area contributed by atoms with Crippen LogP contribution in [0.4, 0.5) is 11.4 Å². The van der Waals surface area contributed by atoms with Gasteiger partial charge in [-0.1, -0.05) is 26.2 Å². The van der Waals surface area contributed by atoms with Crippen LogP contribution in [0.15, 0.2) is 18.2 Å². The van der Waals surface area contributed by atoms with Crippen LogP contribution in [-0.2, 0) is 0 Å². The Balaban J connectivity index is 2.08. The normalized spacial score (nSPS) is 17.7. The predicted octanol–water partition coefficient (Wildman–Crippen LogP) is 4.67. The van der Waals surface area contributed by atoms with Crippen molar-refractivity contribution < 1.29 is 4.92 Å². The van der Waals surface area contributed by atoms with E-state index in [1.54, 1.807) is 12.1 Å². The molecular weight excluding hydrogens is 252 g/mol. The first-order chi connectivity index (χ1) is 9.61. The van der Waals surface area contributed by atoms with E-state index >= 15 is 0 Å². The predicted molar refractivity (Wildman–Crippen MR) is 82.1 cm³/mol. The third kappa shape index (κ3) is 3.50. The van der Waals surface area contributed by atoms with Gasteiger partial charge in [0.25, 0.3) is 5.69 Å². The lowest BCUT2D eigenvalue weighted by molar-refractivity contribution is -0.384. The zero-order chi connectivity index (χ0) is 14.5. The average Bonchev–Trinajstić information content (AvgIpc) is 2.46. The molecule has 4 heteroatoms. The second kappa shape index (κ2) is 6.73. The lowest BCUT2D eigenvalue weighted by Crippen LogP contribution is -2.30. The number of non-ortho nitro benzene ring substituents is 1. The Morgan fingerprint density at radius 2 is 2.05 bits per heavy atom. The van der Waals surface area contributed by atoms with E-state index in [0.29, 0.717) is 6.04 Å². The molecule has 1 aromatic rings. The standard InChI is InChI=1S/C16H24N2O2/c1-3-15(13-7-5-4-6-8-13)17-16-10-9-14(18(19)20)11-12(16)2/h9-11,13,15,17H,3-8H2,1-2H3. The molecule has 0 heterocycles. The number of nitro groups is 1. The number of hydrogen-bond acceptors (Lipinski definition) is 3. The molecule has 1 unspecified atom stereocenters. The number of nitrogens with one attached hydrogen (secondary N) is 1. The highest BCUT2D eigenvalue weighted by molar-refractivity contribution is 5.56. The summed E-state index contributed by atoms with van der Waals surface area (Å²) in [5, 5.41) is 14.4. The van der Waals surface area contributed by atoms with Gasteiger partial charge in [0.15, 0.2) is 0 Å². The van der Waals surface area contributed by atoms with E-state index in [0.717, 1.165) is 23.6 Å². The molecule has 1 aliphatic rings. The van der Waals surface area contributed by atoms with Gasteiger partial charge >= 0.3 is 0 Å². The molecule has 0 aromatic heterocycles. The van der Waals surface area contributed by atoms with E-state index in [1.165, 1.54) is 32.1 Å². The Morgan fingerprint density at radius 1 is 1.35 bits per heavy atom. The molecule has 20 heavy (non-hydrogen) atoms. The van der Waals surface area contributed by atoms with Gasteiger partial charge in [-0.15, -0.1) is 0 Å². The van der Waals surface area contributed by atoms with E-state index in [2.05, 4.69) is 12.2 Å². The monoisotopic (exact) mass is 276 g/mol. The quantitative estimate of drug-likeness (QED) is 0.628. The molecule has 4 nitrogen and oxygen atoms in total. The third-order valence-corrected chi connectivity index (χ3v) is 4.42. The minimum Gasteiger partial charge on any atom is -0.382 e. The number of nitro benzene ring substituents is 1. The topological polar surface area (TPSA) is 55.2 Å². The maximum absolute atomic E-state index is 10.8. The number of rotatable bonds is 5. The molecule has 1 aliphatic carbocycles. The highest BCUT2D eigenvalue weighted by Gasteiger charge is 2.22. The summed E-state index contributed by atoms with van der Waals surface area (Å²) < 4.78 is 0. The number of hydrogen-bond donors (Lipinski definition) is 1. The summed E-state index contributed by atoms with van der Waals surface area (Å²) in [6, 6.07) is 5.56. The third-order valence-electron chi connectivity index (χ3n) is 4.42. The average molecular weight is 276 g/mol. The molecule has 110 valence electrons. The molecule has 0 radical (unpaired) electrons. The van der Waals surface area contributed by atoms with Crippen LogP contribution < -0.4 is 5.32 Å². The summed E-state index contributed by atoms with van der Waals surface area (Å²) in [4.78, 5) is 10.4. The molecular formula is C16H24N2O2. The molecule has 0 bridgehead atoms. The number of nitrogens with zero attached hydrogens (tertiary/aromatic N) is 1. The minimum atomic E-state index is -0.338. The molecule has 1 atom stereocenters. The van der Waals surface area contributed by atoms with Crippen molar-refractivity contribution in [2.75, 3.05) is 5.32 Å². The molecule has 0 saturated heterocycles. The van der Waals surface area contributed by atoms with Crippen LogP contribution in [0.2, 0.25) is 0 Å². The van der Waals surface area contributed by atoms with Crippen molar-refractivity contribution in [3.8, 4) is 0 Å². The van der Waals surface area contributed by atoms with Crippen molar-refractivity contribution in [1.82, 2.24) is 0 Å². The van der Waals surface area contributed by atoms with Crippen LogP contribution in [0.1, 0.15) is 51.0 Å². The van der Waals surface area contributed by atoms with Crippen LogP contribution in [0.25, 0.3) is 0 Å². The lowest BCUT2D eigenvalue weighted by atomic mass is 9.83. The first-order valence-electron chi connectivity index (χ1n) is 7.63. The fraction of sp³-hybridized carbons (Fsp3) is 0.625. The SMILES string of the molecule is CCC(Nc1ccc([N+](=O)[O-])cc1C)C1CCCCC1. The van der Waals surface area contributed by atoms with E-state index in [9.17, 15) is 10.1 Å². The molecule has 0 aliphatic heterocycles. The van der Waals surface area contributed by atoms with Gasteiger partial charge in [-0.25, -0.2) is 0 Å². The number of benzene rings is 1. The van der Waals surface area contributed by atoms with Crippen molar-refractivity contribution in [1.29, 1.82) is 0 Å². The molecule has 2 rings (SSSR count). The van der Waals surface area contributed by atoms with Crippen molar-refractivity contribution >= 4 is 11.4 Å². The summed E-state index contributed by atoms with van der Waals surface area (Å²) >= 11 is 0. The first-order valence-corrected chi connectivity index (χ1v) is 7.63. The van der Waals surface area contributed by atoms with Gasteiger partial charge in [0, 0.05) is 23.9 Å². The van der Waals surface area contributed by atoms with E-state index in [-0.39, 0.29) is 10.6 Å². The van der Waals surface area contributed by atoms with Crippen molar-refractivity contribution in [2.24, 2.45) is 5.92 Å². The van der Waals surface area contributed by atoms with Gasteiger partial charge in [0.1, 0.15) is 0 Å². The molecule has 0 amide bonds. The Labute approximate surface area is 120 Å². The summed E-state index contributed by atoms with van der Waals surface area (Å²) in [7, 11) is 0. The highest BCUT2D eigenvalue weighted by Crippen LogP contribution is 2.31. The van der Waals surface area contributed by atoms with E-state index in [1.807, 2.05) is 13.0 Å². The smallest absolute Gasteiger partial charge is 0.269 e. The molecule has 1 aromatic carbocycles. The Kier molecular flexibility index (Phi) is 4.99. The van der Waals surface area contributed by atoms with Crippen LogP contribution in [0.5, 0.6) is 0 Å². The summed E-state index contributed by atoms with van der Waals surface area (Å²) in [5.41, 5.74) is 2.15. The van der Waals surface area contributed by atoms with Gasteiger partial charge in [0.05, 0.1) is 4.92 Å². The van der Waals surface area contributed by atoms with Crippen LogP contribution in [-0.4, -0.2) is 11.0 Å². The maximum atomic E-state index is 10.8. The fourth-order valence-electron chi connectivity index (χ4n) is 3.21. The number of anilines is 1. The zero-order valence-corrected chi connectivity index (χ0v) is 12.4. The summed E-state index contributed by atoms with van der Waals surface area (Å²) in [6.45, 7) is 4.15. The van der Waals surface area contributed by atoms with Gasteiger partial charge in [-0.05, 0) is 43.7 Å². The minimum absolute atomic E-state index is 0.166. The Hall–Kier alpha value is -1.58. The summed E-state index contributed by atoms with van der Waals surface area (Å²) in [6.07, 6.45) is 7.74. The fourth-order valence-corrected chi connectivity index (χ4v) is 3.21. The highest BCUT2D eigenvalue weighted by atomic mass is 16.6.